The number of rotatable bonds is 13. The van der Waals surface area contributed by atoms with Crippen LogP contribution in [0.3, 0.4) is 0 Å². The molecule has 0 radical (unpaired) electrons. The highest BCUT2D eigenvalue weighted by molar-refractivity contribution is 5.26. The predicted octanol–water partition coefficient (Wildman–Crippen LogP) is 4.85. The van der Waals surface area contributed by atoms with Gasteiger partial charge in [-0.05, 0) is 75.5 Å². The van der Waals surface area contributed by atoms with Crippen molar-refractivity contribution in [3.05, 3.63) is 47.5 Å². The van der Waals surface area contributed by atoms with E-state index in [-0.39, 0.29) is 67.7 Å². The van der Waals surface area contributed by atoms with Crippen LogP contribution in [0.25, 0.3) is 0 Å². The molecular weight excluding hydrogens is 661 g/mol. The molecule has 1 spiro atoms. The summed E-state index contributed by atoms with van der Waals surface area (Å²) in [5, 5.41) is 22.0. The highest BCUT2D eigenvalue weighted by atomic mass is 19.1. The molecule has 1 saturated heterocycles. The van der Waals surface area contributed by atoms with Gasteiger partial charge in [-0.25, -0.2) is 4.39 Å². The predicted molar refractivity (Wildman–Crippen MR) is 182 cm³/mol. The Morgan fingerprint density at radius 2 is 1.71 bits per heavy atom. The highest BCUT2D eigenvalue weighted by Crippen LogP contribution is 2.72. The van der Waals surface area contributed by atoms with Gasteiger partial charge in [-0.15, -0.1) is 5.10 Å². The van der Waals surface area contributed by atoms with Gasteiger partial charge in [0.15, 0.2) is 5.79 Å². The van der Waals surface area contributed by atoms with E-state index in [9.17, 15) is 9.50 Å². The molecule has 10 atom stereocenters. The SMILES string of the molecule is COCO[C@H]1C[C@H]2OC(C)(C)OC[C@]23C2C(CC[C@]3(O)C1)[C@@]1(OCOC)CC[C@H](Cn3cc(Cc4ccc(F)cc4)nn3)[C@@]1(C)C[C@H]2OCOC. The fourth-order valence-corrected chi connectivity index (χ4v) is 11.2. The number of benzene rings is 1. The molecular formula is C38H56FN3O9. The van der Waals surface area contributed by atoms with E-state index in [0.717, 1.165) is 30.5 Å². The van der Waals surface area contributed by atoms with E-state index >= 15 is 0 Å². The van der Waals surface area contributed by atoms with Crippen molar-refractivity contribution in [2.24, 2.45) is 28.6 Å². The van der Waals surface area contributed by atoms with Gasteiger partial charge in [0.1, 0.15) is 26.2 Å². The third-order valence-corrected chi connectivity index (χ3v) is 13.4. The van der Waals surface area contributed by atoms with Crippen LogP contribution in [0.4, 0.5) is 4.39 Å². The Kier molecular flexibility index (Phi) is 10.4. The summed E-state index contributed by atoms with van der Waals surface area (Å²) < 4.78 is 65.2. The molecule has 1 aromatic carbocycles. The van der Waals surface area contributed by atoms with Gasteiger partial charge in [0.05, 0.1) is 47.2 Å². The first kappa shape index (κ1) is 37.3. The summed E-state index contributed by atoms with van der Waals surface area (Å²) in [6, 6.07) is 6.51. The molecule has 4 saturated carbocycles. The van der Waals surface area contributed by atoms with Crippen molar-refractivity contribution < 1.29 is 47.4 Å². The van der Waals surface area contributed by atoms with Crippen LogP contribution in [0, 0.1) is 34.4 Å². The topological polar surface area (TPSA) is 125 Å². The average Bonchev–Trinajstić information content (AvgIpc) is 3.66. The standard InChI is InChI=1S/C38H56FN3O9/c1-34(2)49-21-37-32(51-34)16-29(47-22-44-4)17-36(37,43)13-12-30-33(37)31(48-23-45-5)18-35(3)26(11-14-38(30,35)50-24-46-6)19-42-20-28(40-41-42)15-25-7-9-27(39)10-8-25/h7-10,20,26,29-33,43H,11-19,21-24H2,1-6H3/t26-,29+,30?,31-,32-,33?,35-,36+,37-,38+/m1/s1. The molecule has 13 heteroatoms. The Balaban J connectivity index is 1.24. The van der Waals surface area contributed by atoms with Crippen molar-refractivity contribution in [1.29, 1.82) is 0 Å². The lowest BCUT2D eigenvalue weighted by Gasteiger charge is -2.71. The molecule has 1 aromatic heterocycles. The second-order valence-electron chi connectivity index (χ2n) is 16.3. The molecule has 0 amide bonds. The summed E-state index contributed by atoms with van der Waals surface area (Å²) in [7, 11) is 4.93. The van der Waals surface area contributed by atoms with E-state index in [2.05, 4.69) is 17.2 Å². The first-order valence-electron chi connectivity index (χ1n) is 18.4. The van der Waals surface area contributed by atoms with Crippen molar-refractivity contribution in [2.45, 2.75) is 114 Å². The first-order valence-corrected chi connectivity index (χ1v) is 18.4. The zero-order chi connectivity index (χ0) is 36.1. The minimum Gasteiger partial charge on any atom is -0.389 e. The molecule has 0 bridgehead atoms. The van der Waals surface area contributed by atoms with Crippen LogP contribution in [-0.2, 0) is 50.9 Å². The van der Waals surface area contributed by atoms with E-state index in [1.807, 2.05) is 24.7 Å². The van der Waals surface area contributed by atoms with Crippen molar-refractivity contribution >= 4 is 0 Å². The lowest BCUT2D eigenvalue weighted by Crippen LogP contribution is -2.78. The molecule has 284 valence electrons. The Morgan fingerprint density at radius 1 is 0.961 bits per heavy atom. The molecule has 1 N–H and O–H groups in total. The van der Waals surface area contributed by atoms with Crippen LogP contribution >= 0.6 is 0 Å². The Hall–Kier alpha value is -2.07. The number of halogens is 1. The monoisotopic (exact) mass is 717 g/mol. The van der Waals surface area contributed by atoms with E-state index in [1.54, 1.807) is 33.5 Å². The Morgan fingerprint density at radius 3 is 2.45 bits per heavy atom. The third-order valence-electron chi connectivity index (χ3n) is 13.4. The summed E-state index contributed by atoms with van der Waals surface area (Å²) in [6.07, 6.45) is 6.51. The number of methoxy groups -OCH3 is 3. The Bertz CT molecular complexity index is 1500. The fraction of sp³-hybridized carbons (Fsp3) is 0.789. The summed E-state index contributed by atoms with van der Waals surface area (Å²) in [5.41, 5.74) is -1.01. The van der Waals surface area contributed by atoms with E-state index in [1.165, 1.54) is 12.1 Å². The normalized spacial score (nSPS) is 39.9. The van der Waals surface area contributed by atoms with Crippen LogP contribution in [0.2, 0.25) is 0 Å². The molecule has 51 heavy (non-hydrogen) atoms. The van der Waals surface area contributed by atoms with Gasteiger partial charge < -0.3 is 43.0 Å². The zero-order valence-corrected chi connectivity index (χ0v) is 31.0. The average molecular weight is 718 g/mol. The molecule has 5 fully saturated rings. The molecule has 4 aliphatic carbocycles. The first-order chi connectivity index (χ1) is 24.4. The second kappa shape index (κ2) is 14.3. The van der Waals surface area contributed by atoms with Gasteiger partial charge in [-0.1, -0.05) is 24.3 Å². The van der Waals surface area contributed by atoms with Gasteiger partial charge in [0.25, 0.3) is 0 Å². The van der Waals surface area contributed by atoms with Crippen molar-refractivity contribution in [2.75, 3.05) is 48.3 Å². The molecule has 1 aliphatic heterocycles. The van der Waals surface area contributed by atoms with Crippen LogP contribution in [0.1, 0.15) is 77.0 Å². The van der Waals surface area contributed by atoms with E-state index < -0.39 is 22.4 Å². The van der Waals surface area contributed by atoms with Crippen molar-refractivity contribution in [3.63, 3.8) is 0 Å². The number of aromatic nitrogens is 3. The summed E-state index contributed by atoms with van der Waals surface area (Å²) in [5.74, 6) is -1.04. The number of aliphatic hydroxyl groups is 1. The largest absolute Gasteiger partial charge is 0.389 e. The van der Waals surface area contributed by atoms with Crippen LogP contribution in [0.15, 0.2) is 30.5 Å². The fourth-order valence-electron chi connectivity index (χ4n) is 11.2. The van der Waals surface area contributed by atoms with Crippen molar-refractivity contribution in [3.8, 4) is 0 Å². The smallest absolute Gasteiger partial charge is 0.163 e. The summed E-state index contributed by atoms with van der Waals surface area (Å²) >= 11 is 0. The van der Waals surface area contributed by atoms with E-state index in [0.29, 0.717) is 45.3 Å². The lowest BCUT2D eigenvalue weighted by molar-refractivity contribution is -0.409. The number of hydrogen-bond acceptors (Lipinski definition) is 11. The number of hydrogen-bond donors (Lipinski definition) is 1. The number of fused-ring (bicyclic) bond motifs is 3. The molecule has 7 rings (SSSR count). The summed E-state index contributed by atoms with van der Waals surface area (Å²) in [4.78, 5) is 0. The molecule has 2 aromatic rings. The maximum atomic E-state index is 13.5. The molecule has 12 nitrogen and oxygen atoms in total. The second-order valence-corrected chi connectivity index (χ2v) is 16.3. The maximum absolute atomic E-state index is 13.5. The quantitative estimate of drug-likeness (QED) is 0.286. The van der Waals surface area contributed by atoms with Gasteiger partial charge in [-0.3, -0.25) is 4.68 Å². The third kappa shape index (κ3) is 6.38. The number of ether oxygens (including phenoxy) is 8. The van der Waals surface area contributed by atoms with E-state index in [4.69, 9.17) is 37.9 Å². The minimum absolute atomic E-state index is 0.00988. The van der Waals surface area contributed by atoms with Gasteiger partial charge in [0, 0.05) is 64.7 Å². The van der Waals surface area contributed by atoms with Crippen LogP contribution in [0.5, 0.6) is 0 Å². The zero-order valence-electron chi connectivity index (χ0n) is 31.0. The van der Waals surface area contributed by atoms with Crippen LogP contribution in [-0.4, -0.2) is 104 Å². The van der Waals surface area contributed by atoms with Gasteiger partial charge in [0.2, 0.25) is 0 Å². The molecule has 5 aliphatic rings. The van der Waals surface area contributed by atoms with Gasteiger partial charge >= 0.3 is 0 Å². The van der Waals surface area contributed by atoms with Gasteiger partial charge in [-0.2, -0.15) is 0 Å². The van der Waals surface area contributed by atoms with Crippen molar-refractivity contribution in [1.82, 2.24) is 15.0 Å². The minimum atomic E-state index is -1.13. The lowest BCUT2D eigenvalue weighted by atomic mass is 9.40. The maximum Gasteiger partial charge on any atom is 0.163 e. The molecule has 2 heterocycles. The number of nitrogens with zero attached hydrogens (tertiary/aromatic N) is 3. The molecule has 2 unspecified atom stereocenters. The summed E-state index contributed by atoms with van der Waals surface area (Å²) in [6.45, 7) is 7.66. The highest BCUT2D eigenvalue weighted by Gasteiger charge is 2.77. The Labute approximate surface area is 300 Å². The van der Waals surface area contributed by atoms with Crippen LogP contribution < -0.4 is 0 Å².